The van der Waals surface area contributed by atoms with Crippen LogP contribution in [0.3, 0.4) is 0 Å². The fraction of sp³-hybridized carbons (Fsp3) is 0.917. The molecule has 0 heterocycles. The molecule has 0 spiro atoms. The number of hydrogen-bond acceptors (Lipinski definition) is 4. The van der Waals surface area contributed by atoms with E-state index < -0.39 is 0 Å². The third kappa shape index (κ3) is 4.07. The SMILES string of the molecule is CSCC[C@H](N)C(=O)N(C)[C@H]1CCC[C@@H]1SC. The second kappa shape index (κ2) is 7.54. The van der Waals surface area contributed by atoms with E-state index in [1.165, 1.54) is 12.8 Å². The zero-order chi connectivity index (χ0) is 12.8. The molecule has 0 unspecified atom stereocenters. The van der Waals surface area contributed by atoms with Gasteiger partial charge in [-0.25, -0.2) is 0 Å². The Hall–Kier alpha value is 0.130. The predicted molar refractivity (Wildman–Crippen MR) is 78.7 cm³/mol. The molecular weight excluding hydrogens is 252 g/mol. The van der Waals surface area contributed by atoms with Gasteiger partial charge in [0.05, 0.1) is 6.04 Å². The number of amides is 1. The van der Waals surface area contributed by atoms with Crippen molar-refractivity contribution in [3.63, 3.8) is 0 Å². The summed E-state index contributed by atoms with van der Waals surface area (Å²) in [5.41, 5.74) is 5.95. The summed E-state index contributed by atoms with van der Waals surface area (Å²) in [5.74, 6) is 1.07. The fourth-order valence-electron chi connectivity index (χ4n) is 2.42. The molecule has 1 rings (SSSR count). The van der Waals surface area contributed by atoms with Gasteiger partial charge in [-0.3, -0.25) is 4.79 Å². The maximum absolute atomic E-state index is 12.2. The predicted octanol–water partition coefficient (Wildman–Crippen LogP) is 1.81. The van der Waals surface area contributed by atoms with Gasteiger partial charge in [-0.05, 0) is 37.5 Å². The van der Waals surface area contributed by atoms with E-state index in [1.54, 1.807) is 11.8 Å². The molecule has 1 aliphatic rings. The molecule has 1 amide bonds. The minimum Gasteiger partial charge on any atom is -0.340 e. The Morgan fingerprint density at radius 2 is 2.18 bits per heavy atom. The monoisotopic (exact) mass is 276 g/mol. The van der Waals surface area contributed by atoms with Crippen molar-refractivity contribution in [2.75, 3.05) is 25.3 Å². The maximum atomic E-state index is 12.2. The van der Waals surface area contributed by atoms with Gasteiger partial charge in [0.2, 0.25) is 5.91 Å². The smallest absolute Gasteiger partial charge is 0.239 e. The van der Waals surface area contributed by atoms with Crippen LogP contribution in [0.2, 0.25) is 0 Å². The maximum Gasteiger partial charge on any atom is 0.239 e. The van der Waals surface area contributed by atoms with Crippen LogP contribution in [-0.4, -0.2) is 53.5 Å². The van der Waals surface area contributed by atoms with E-state index in [0.29, 0.717) is 11.3 Å². The van der Waals surface area contributed by atoms with Gasteiger partial charge in [0.25, 0.3) is 0 Å². The lowest BCUT2D eigenvalue weighted by Crippen LogP contribution is -2.48. The highest BCUT2D eigenvalue weighted by Crippen LogP contribution is 2.31. The van der Waals surface area contributed by atoms with E-state index in [1.807, 2.05) is 30.0 Å². The molecule has 1 aliphatic carbocycles. The third-order valence-electron chi connectivity index (χ3n) is 3.52. The summed E-state index contributed by atoms with van der Waals surface area (Å²) in [6, 6.07) is 0.0633. The summed E-state index contributed by atoms with van der Waals surface area (Å²) in [6.45, 7) is 0. The second-order valence-corrected chi connectivity index (χ2v) is 6.67. The zero-order valence-electron chi connectivity index (χ0n) is 11.0. The summed E-state index contributed by atoms with van der Waals surface area (Å²) in [7, 11) is 1.92. The Balaban J connectivity index is 2.50. The first-order valence-electron chi connectivity index (χ1n) is 6.15. The molecule has 17 heavy (non-hydrogen) atoms. The van der Waals surface area contributed by atoms with Crippen LogP contribution in [0, 0.1) is 0 Å². The van der Waals surface area contributed by atoms with Gasteiger partial charge >= 0.3 is 0 Å². The van der Waals surface area contributed by atoms with Crippen LogP contribution in [0.5, 0.6) is 0 Å². The first kappa shape index (κ1) is 15.2. The van der Waals surface area contributed by atoms with Gasteiger partial charge in [0, 0.05) is 18.3 Å². The van der Waals surface area contributed by atoms with Crippen molar-refractivity contribution in [1.82, 2.24) is 4.90 Å². The number of hydrogen-bond donors (Lipinski definition) is 1. The first-order chi connectivity index (χ1) is 8.11. The van der Waals surface area contributed by atoms with Gasteiger partial charge in [-0.2, -0.15) is 23.5 Å². The molecule has 0 aromatic heterocycles. The van der Waals surface area contributed by atoms with Crippen molar-refractivity contribution in [1.29, 1.82) is 0 Å². The van der Waals surface area contributed by atoms with Crippen molar-refractivity contribution in [3.05, 3.63) is 0 Å². The molecule has 3 nitrogen and oxygen atoms in total. The molecule has 0 aromatic carbocycles. The number of carbonyl (C=O) groups is 1. The van der Waals surface area contributed by atoms with Gasteiger partial charge in [0.1, 0.15) is 0 Å². The molecular formula is C12H24N2OS2. The minimum atomic E-state index is -0.324. The lowest BCUT2D eigenvalue weighted by Gasteiger charge is -2.31. The van der Waals surface area contributed by atoms with Crippen molar-refractivity contribution in [3.8, 4) is 0 Å². The molecule has 1 saturated carbocycles. The van der Waals surface area contributed by atoms with Crippen LogP contribution >= 0.6 is 23.5 Å². The van der Waals surface area contributed by atoms with Crippen LogP contribution in [0.4, 0.5) is 0 Å². The summed E-state index contributed by atoms with van der Waals surface area (Å²) in [6.07, 6.45) is 8.54. The Kier molecular flexibility index (Phi) is 6.74. The normalized spacial score (nSPS) is 25.9. The van der Waals surface area contributed by atoms with Crippen LogP contribution in [0.25, 0.3) is 0 Å². The number of thioether (sulfide) groups is 2. The number of rotatable bonds is 6. The van der Waals surface area contributed by atoms with Crippen molar-refractivity contribution < 1.29 is 4.79 Å². The highest BCUT2D eigenvalue weighted by atomic mass is 32.2. The van der Waals surface area contributed by atoms with Crippen LogP contribution < -0.4 is 5.73 Å². The molecule has 2 N–H and O–H groups in total. The van der Waals surface area contributed by atoms with E-state index in [4.69, 9.17) is 5.73 Å². The average molecular weight is 276 g/mol. The van der Waals surface area contributed by atoms with Crippen molar-refractivity contribution in [2.45, 2.75) is 43.0 Å². The standard InChI is InChI=1S/C12H24N2OS2/c1-14(10-5-4-6-11(10)17-3)12(15)9(13)7-8-16-2/h9-11H,4-8,13H2,1-3H3/t9-,10-,11-/m0/s1. The number of carbonyl (C=O) groups excluding carboxylic acids is 1. The molecule has 0 saturated heterocycles. The quantitative estimate of drug-likeness (QED) is 0.804. The first-order valence-corrected chi connectivity index (χ1v) is 8.84. The molecule has 0 aliphatic heterocycles. The van der Waals surface area contributed by atoms with Gasteiger partial charge < -0.3 is 10.6 Å². The molecule has 100 valence electrons. The summed E-state index contributed by atoms with van der Waals surface area (Å²) >= 11 is 3.62. The summed E-state index contributed by atoms with van der Waals surface area (Å²) in [4.78, 5) is 14.1. The molecule has 5 heteroatoms. The highest BCUT2D eigenvalue weighted by Gasteiger charge is 2.33. The number of likely N-dealkylation sites (N-methyl/N-ethyl adjacent to an activating group) is 1. The Labute approximate surface area is 113 Å². The van der Waals surface area contributed by atoms with E-state index in [2.05, 4.69) is 6.26 Å². The molecule has 0 aromatic rings. The molecule has 0 bridgehead atoms. The van der Waals surface area contributed by atoms with E-state index >= 15 is 0 Å². The zero-order valence-corrected chi connectivity index (χ0v) is 12.6. The highest BCUT2D eigenvalue weighted by molar-refractivity contribution is 7.99. The largest absolute Gasteiger partial charge is 0.340 e. The van der Waals surface area contributed by atoms with Crippen molar-refractivity contribution >= 4 is 29.4 Å². The lowest BCUT2D eigenvalue weighted by atomic mass is 10.1. The van der Waals surface area contributed by atoms with Crippen LogP contribution in [0.15, 0.2) is 0 Å². The fourth-order valence-corrected chi connectivity index (χ4v) is 3.94. The molecule has 1 fully saturated rings. The van der Waals surface area contributed by atoms with Crippen LogP contribution in [0.1, 0.15) is 25.7 Å². The third-order valence-corrected chi connectivity index (χ3v) is 5.32. The van der Waals surface area contributed by atoms with E-state index in [0.717, 1.165) is 18.6 Å². The van der Waals surface area contributed by atoms with Gasteiger partial charge in [-0.1, -0.05) is 6.42 Å². The number of nitrogens with two attached hydrogens (primary N) is 1. The van der Waals surface area contributed by atoms with E-state index in [-0.39, 0.29) is 11.9 Å². The van der Waals surface area contributed by atoms with Gasteiger partial charge in [-0.15, -0.1) is 0 Å². The topological polar surface area (TPSA) is 46.3 Å². The number of nitrogens with zero attached hydrogens (tertiary/aromatic N) is 1. The molecule has 3 atom stereocenters. The minimum absolute atomic E-state index is 0.116. The average Bonchev–Trinajstić information content (AvgIpc) is 2.82. The Bertz CT molecular complexity index is 251. The summed E-state index contributed by atoms with van der Waals surface area (Å²) < 4.78 is 0. The summed E-state index contributed by atoms with van der Waals surface area (Å²) in [5, 5.41) is 0.594. The van der Waals surface area contributed by atoms with Crippen molar-refractivity contribution in [2.24, 2.45) is 5.73 Å². The van der Waals surface area contributed by atoms with Crippen LogP contribution in [-0.2, 0) is 4.79 Å². The second-order valence-electron chi connectivity index (χ2n) is 4.61. The molecule has 0 radical (unpaired) electrons. The Morgan fingerprint density at radius 3 is 2.76 bits per heavy atom. The lowest BCUT2D eigenvalue weighted by molar-refractivity contribution is -0.133. The Morgan fingerprint density at radius 1 is 1.47 bits per heavy atom. The van der Waals surface area contributed by atoms with E-state index in [9.17, 15) is 4.79 Å². The van der Waals surface area contributed by atoms with Gasteiger partial charge in [0.15, 0.2) is 0 Å².